The minimum Gasteiger partial charge on any atom is -0.398 e. The molecule has 0 bridgehead atoms. The van der Waals surface area contributed by atoms with Crippen molar-refractivity contribution in [2.75, 3.05) is 12.3 Å². The fraction of sp³-hybridized carbons (Fsp3) is 0.500. The highest BCUT2D eigenvalue weighted by Gasteiger charge is 2.02. The second-order valence-electron chi connectivity index (χ2n) is 3.85. The van der Waals surface area contributed by atoms with E-state index in [0.29, 0.717) is 6.04 Å². The Morgan fingerprint density at radius 2 is 2.13 bits per heavy atom. The minimum atomic E-state index is 0.263. The molecule has 0 aliphatic heterocycles. The second-order valence-corrected chi connectivity index (χ2v) is 3.85. The zero-order valence-corrected chi connectivity index (χ0v) is 9.24. The van der Waals surface area contributed by atoms with Crippen molar-refractivity contribution in [2.45, 2.75) is 32.4 Å². The molecule has 4 N–H and O–H groups in total. The van der Waals surface area contributed by atoms with E-state index in [9.17, 15) is 0 Å². The van der Waals surface area contributed by atoms with E-state index in [0.717, 1.165) is 30.6 Å². The Kier molecular flexibility index (Phi) is 5.15. The third-order valence-electron chi connectivity index (χ3n) is 2.49. The normalized spacial score (nSPS) is 12.7. The number of rotatable bonds is 6. The lowest BCUT2D eigenvalue weighted by molar-refractivity contribution is 0.276. The number of nitrogens with two attached hydrogens (primary N) is 1. The van der Waals surface area contributed by atoms with Gasteiger partial charge in [-0.2, -0.15) is 0 Å². The summed E-state index contributed by atoms with van der Waals surface area (Å²) in [5, 5.41) is 12.1. The first-order chi connectivity index (χ1) is 7.24. The predicted octanol–water partition coefficient (Wildman–Crippen LogP) is 1.52. The summed E-state index contributed by atoms with van der Waals surface area (Å²) >= 11 is 0. The Morgan fingerprint density at radius 3 is 2.80 bits per heavy atom. The van der Waals surface area contributed by atoms with Crippen molar-refractivity contribution in [1.29, 1.82) is 0 Å². The molecule has 15 heavy (non-hydrogen) atoms. The number of nitrogens with one attached hydrogen (secondary N) is 1. The first-order valence-electron chi connectivity index (χ1n) is 5.41. The maximum Gasteiger partial charge on any atom is 0.0431 e. The molecule has 0 saturated heterocycles. The molecule has 0 saturated carbocycles. The molecule has 1 aromatic rings. The van der Waals surface area contributed by atoms with Gasteiger partial charge in [-0.15, -0.1) is 0 Å². The number of benzene rings is 1. The van der Waals surface area contributed by atoms with Crippen LogP contribution in [-0.2, 0) is 6.54 Å². The third kappa shape index (κ3) is 4.32. The molecule has 3 nitrogen and oxygen atoms in total. The van der Waals surface area contributed by atoms with Gasteiger partial charge >= 0.3 is 0 Å². The molecule has 0 heterocycles. The van der Waals surface area contributed by atoms with Gasteiger partial charge in [-0.25, -0.2) is 0 Å². The van der Waals surface area contributed by atoms with Crippen LogP contribution in [0, 0.1) is 0 Å². The monoisotopic (exact) mass is 208 g/mol. The van der Waals surface area contributed by atoms with Crippen LogP contribution in [0.3, 0.4) is 0 Å². The highest BCUT2D eigenvalue weighted by atomic mass is 16.2. The summed E-state index contributed by atoms with van der Waals surface area (Å²) in [5.74, 6) is 0. The number of para-hydroxylation sites is 1. The summed E-state index contributed by atoms with van der Waals surface area (Å²) in [6.07, 6.45) is 1.83. The van der Waals surface area contributed by atoms with Gasteiger partial charge < -0.3 is 16.2 Å². The maximum absolute atomic E-state index is 8.70. The van der Waals surface area contributed by atoms with Gasteiger partial charge in [0.2, 0.25) is 0 Å². The van der Waals surface area contributed by atoms with Crippen molar-refractivity contribution < 1.29 is 5.11 Å². The SMILES string of the molecule is CC(CCCO)NCc1ccccc1N. The fourth-order valence-electron chi connectivity index (χ4n) is 1.48. The van der Waals surface area contributed by atoms with Crippen LogP contribution >= 0.6 is 0 Å². The van der Waals surface area contributed by atoms with Crippen molar-refractivity contribution in [2.24, 2.45) is 0 Å². The van der Waals surface area contributed by atoms with Crippen molar-refractivity contribution in [3.63, 3.8) is 0 Å². The van der Waals surface area contributed by atoms with Crippen LogP contribution in [-0.4, -0.2) is 17.8 Å². The van der Waals surface area contributed by atoms with Crippen LogP contribution in [0.25, 0.3) is 0 Å². The lowest BCUT2D eigenvalue weighted by Crippen LogP contribution is -2.26. The van der Waals surface area contributed by atoms with Crippen LogP contribution in [0.15, 0.2) is 24.3 Å². The van der Waals surface area contributed by atoms with Gasteiger partial charge in [-0.3, -0.25) is 0 Å². The number of aliphatic hydroxyl groups is 1. The van der Waals surface area contributed by atoms with E-state index >= 15 is 0 Å². The topological polar surface area (TPSA) is 58.3 Å². The minimum absolute atomic E-state index is 0.263. The molecule has 0 spiro atoms. The third-order valence-corrected chi connectivity index (χ3v) is 2.49. The van der Waals surface area contributed by atoms with Crippen molar-refractivity contribution in [3.8, 4) is 0 Å². The molecule has 0 amide bonds. The molecule has 0 aliphatic rings. The molecule has 1 rings (SSSR count). The van der Waals surface area contributed by atoms with Gasteiger partial charge in [0.15, 0.2) is 0 Å². The molecular formula is C12H20N2O. The Labute approximate surface area is 91.3 Å². The molecule has 1 aromatic carbocycles. The van der Waals surface area contributed by atoms with Crippen LogP contribution in [0.1, 0.15) is 25.3 Å². The lowest BCUT2D eigenvalue weighted by atomic mass is 10.1. The summed E-state index contributed by atoms with van der Waals surface area (Å²) < 4.78 is 0. The molecule has 1 atom stereocenters. The first kappa shape index (κ1) is 12.0. The maximum atomic E-state index is 8.70. The molecular weight excluding hydrogens is 188 g/mol. The molecule has 1 unspecified atom stereocenters. The number of hydrogen-bond donors (Lipinski definition) is 3. The highest BCUT2D eigenvalue weighted by Crippen LogP contribution is 2.10. The Balaban J connectivity index is 2.33. The van der Waals surface area contributed by atoms with E-state index in [2.05, 4.69) is 12.2 Å². The van der Waals surface area contributed by atoms with Gasteiger partial charge in [0.05, 0.1) is 0 Å². The fourth-order valence-corrected chi connectivity index (χ4v) is 1.48. The Hall–Kier alpha value is -1.06. The van der Waals surface area contributed by atoms with Crippen LogP contribution in [0.5, 0.6) is 0 Å². The molecule has 0 radical (unpaired) electrons. The lowest BCUT2D eigenvalue weighted by Gasteiger charge is -2.14. The number of nitrogen functional groups attached to an aromatic ring is 1. The van der Waals surface area contributed by atoms with E-state index in [1.54, 1.807) is 0 Å². The largest absolute Gasteiger partial charge is 0.398 e. The van der Waals surface area contributed by atoms with E-state index in [1.165, 1.54) is 0 Å². The Bertz CT molecular complexity index is 289. The molecule has 3 heteroatoms. The number of anilines is 1. The van der Waals surface area contributed by atoms with Crippen molar-refractivity contribution >= 4 is 5.69 Å². The smallest absolute Gasteiger partial charge is 0.0431 e. The average Bonchev–Trinajstić information content (AvgIpc) is 2.25. The number of hydrogen-bond acceptors (Lipinski definition) is 3. The van der Waals surface area contributed by atoms with Crippen molar-refractivity contribution in [1.82, 2.24) is 5.32 Å². The summed E-state index contributed by atoms with van der Waals surface area (Å²) in [7, 11) is 0. The molecule has 84 valence electrons. The standard InChI is InChI=1S/C12H20N2O/c1-10(5-4-8-15)14-9-11-6-2-3-7-12(11)13/h2-3,6-7,10,14-15H,4-5,8-9,13H2,1H3. The molecule has 0 aromatic heterocycles. The van der Waals surface area contributed by atoms with Gasteiger partial charge in [-0.05, 0) is 31.4 Å². The van der Waals surface area contributed by atoms with Gasteiger partial charge in [0.1, 0.15) is 0 Å². The second kappa shape index (κ2) is 6.43. The zero-order chi connectivity index (χ0) is 11.1. The first-order valence-corrected chi connectivity index (χ1v) is 5.41. The van der Waals surface area contributed by atoms with E-state index in [1.807, 2.05) is 24.3 Å². The van der Waals surface area contributed by atoms with E-state index in [4.69, 9.17) is 10.8 Å². The van der Waals surface area contributed by atoms with E-state index < -0.39 is 0 Å². The highest BCUT2D eigenvalue weighted by molar-refractivity contribution is 5.46. The summed E-state index contributed by atoms with van der Waals surface area (Å²) in [6, 6.07) is 8.28. The van der Waals surface area contributed by atoms with Gasteiger partial charge in [0, 0.05) is 24.9 Å². The zero-order valence-electron chi connectivity index (χ0n) is 9.24. The van der Waals surface area contributed by atoms with Crippen LogP contribution in [0.4, 0.5) is 5.69 Å². The number of aliphatic hydroxyl groups excluding tert-OH is 1. The summed E-state index contributed by atoms with van der Waals surface area (Å²) in [5.41, 5.74) is 7.79. The molecule has 0 fully saturated rings. The molecule has 0 aliphatic carbocycles. The van der Waals surface area contributed by atoms with Gasteiger partial charge in [0.25, 0.3) is 0 Å². The summed E-state index contributed by atoms with van der Waals surface area (Å²) in [6.45, 7) is 3.17. The Morgan fingerprint density at radius 1 is 1.40 bits per heavy atom. The quantitative estimate of drug-likeness (QED) is 0.621. The van der Waals surface area contributed by atoms with E-state index in [-0.39, 0.29) is 6.61 Å². The summed E-state index contributed by atoms with van der Waals surface area (Å²) in [4.78, 5) is 0. The van der Waals surface area contributed by atoms with Crippen LogP contribution in [0.2, 0.25) is 0 Å². The van der Waals surface area contributed by atoms with Gasteiger partial charge in [-0.1, -0.05) is 18.2 Å². The van der Waals surface area contributed by atoms with Crippen LogP contribution < -0.4 is 11.1 Å². The average molecular weight is 208 g/mol. The predicted molar refractivity (Wildman–Crippen MR) is 63.5 cm³/mol. The van der Waals surface area contributed by atoms with Crippen molar-refractivity contribution in [3.05, 3.63) is 29.8 Å².